The van der Waals surface area contributed by atoms with Gasteiger partial charge in [0.2, 0.25) is 0 Å². The van der Waals surface area contributed by atoms with Gasteiger partial charge in [0.25, 0.3) is 0 Å². The number of rotatable bonds is 4. The molecule has 132 valence electrons. The van der Waals surface area contributed by atoms with Crippen LogP contribution in [0.5, 0.6) is 11.8 Å². The second-order valence-corrected chi connectivity index (χ2v) is 6.29. The van der Waals surface area contributed by atoms with Crippen molar-refractivity contribution in [2.24, 2.45) is 0 Å². The molecule has 6 nitrogen and oxygen atoms in total. The molecule has 0 atom stereocenters. The zero-order valence-electron chi connectivity index (χ0n) is 12.6. The van der Waals surface area contributed by atoms with Crippen LogP contribution >= 0.6 is 23.4 Å². The third-order valence-electron chi connectivity index (χ3n) is 2.94. The van der Waals surface area contributed by atoms with Crippen LogP contribution < -0.4 is 4.74 Å². The molecule has 0 saturated heterocycles. The highest BCUT2D eigenvalue weighted by Crippen LogP contribution is 2.37. The lowest BCUT2D eigenvalue weighted by molar-refractivity contribution is -0.0328. The van der Waals surface area contributed by atoms with Gasteiger partial charge in [-0.15, -0.1) is 0 Å². The first-order valence-corrected chi connectivity index (χ1v) is 8.04. The number of aromatic nitrogens is 4. The maximum absolute atomic E-state index is 12.5. The van der Waals surface area contributed by atoms with Crippen molar-refractivity contribution in [1.82, 2.24) is 19.7 Å². The Morgan fingerprint density at radius 3 is 2.58 bits per heavy atom. The predicted octanol–water partition coefficient (Wildman–Crippen LogP) is 4.59. The zero-order valence-corrected chi connectivity index (χ0v) is 14.2. The summed E-state index contributed by atoms with van der Waals surface area (Å²) in [6.45, 7) is 0. The van der Waals surface area contributed by atoms with Crippen LogP contribution in [0.2, 0.25) is 5.02 Å². The van der Waals surface area contributed by atoms with Crippen LogP contribution in [0.1, 0.15) is 5.56 Å². The van der Waals surface area contributed by atoms with Crippen molar-refractivity contribution in [1.29, 1.82) is 5.26 Å². The lowest BCUT2D eigenvalue weighted by Crippen LogP contribution is -2.02. The Bertz CT molecular complexity index is 969. The van der Waals surface area contributed by atoms with Crippen molar-refractivity contribution < 1.29 is 17.9 Å². The standard InChI is InChI=1S/C15H7ClF3N5OS/c16-10-5-21-14(22-6-10)25-12-3-1-2-9(4-20)13(12)24-8-11(7-23-24)26-15(17,18)19/h1-3,5-8H. The van der Waals surface area contributed by atoms with Gasteiger partial charge in [0.05, 0.1) is 34.1 Å². The number of halogens is 4. The smallest absolute Gasteiger partial charge is 0.422 e. The number of thioether (sulfide) groups is 1. The molecule has 0 aliphatic carbocycles. The monoisotopic (exact) mass is 397 g/mol. The molecule has 0 spiro atoms. The van der Waals surface area contributed by atoms with E-state index in [1.165, 1.54) is 24.5 Å². The van der Waals surface area contributed by atoms with Gasteiger partial charge in [0, 0.05) is 6.20 Å². The minimum atomic E-state index is -4.45. The number of benzene rings is 1. The van der Waals surface area contributed by atoms with Gasteiger partial charge in [-0.1, -0.05) is 17.7 Å². The van der Waals surface area contributed by atoms with Crippen molar-refractivity contribution in [3.63, 3.8) is 0 Å². The molecule has 0 radical (unpaired) electrons. The summed E-state index contributed by atoms with van der Waals surface area (Å²) in [4.78, 5) is 7.65. The minimum absolute atomic E-state index is 0.0391. The molecule has 2 heterocycles. The molecule has 0 N–H and O–H groups in total. The Hall–Kier alpha value is -2.77. The largest absolute Gasteiger partial charge is 0.446 e. The fourth-order valence-corrected chi connectivity index (χ4v) is 2.61. The molecular weight excluding hydrogens is 391 g/mol. The summed E-state index contributed by atoms with van der Waals surface area (Å²) in [6.07, 6.45) is 4.85. The van der Waals surface area contributed by atoms with Gasteiger partial charge >= 0.3 is 11.5 Å². The first-order valence-electron chi connectivity index (χ1n) is 6.85. The second kappa shape index (κ2) is 7.23. The van der Waals surface area contributed by atoms with E-state index in [1.807, 2.05) is 6.07 Å². The minimum Gasteiger partial charge on any atom is -0.422 e. The second-order valence-electron chi connectivity index (χ2n) is 4.72. The van der Waals surface area contributed by atoms with Gasteiger partial charge in [-0.3, -0.25) is 0 Å². The fourth-order valence-electron chi connectivity index (χ4n) is 2.00. The average Bonchev–Trinajstić information content (AvgIpc) is 3.02. The van der Waals surface area contributed by atoms with Crippen LogP contribution in [0.15, 0.2) is 47.9 Å². The Balaban J connectivity index is 2.00. The van der Waals surface area contributed by atoms with E-state index in [9.17, 15) is 18.4 Å². The summed E-state index contributed by atoms with van der Waals surface area (Å²) < 4.78 is 44.2. The highest BCUT2D eigenvalue weighted by atomic mass is 35.5. The topological polar surface area (TPSA) is 76.6 Å². The quantitative estimate of drug-likeness (QED) is 0.599. The maximum atomic E-state index is 12.5. The van der Waals surface area contributed by atoms with Crippen LogP contribution in [0.25, 0.3) is 5.69 Å². The van der Waals surface area contributed by atoms with E-state index >= 15 is 0 Å². The molecule has 1 aromatic carbocycles. The number of para-hydroxylation sites is 1. The SMILES string of the molecule is N#Cc1cccc(Oc2ncc(Cl)cn2)c1-n1cc(SC(F)(F)F)cn1. The van der Waals surface area contributed by atoms with Crippen LogP contribution in [0, 0.1) is 11.3 Å². The maximum Gasteiger partial charge on any atom is 0.446 e. The Morgan fingerprint density at radius 2 is 1.92 bits per heavy atom. The molecule has 0 fully saturated rings. The van der Waals surface area contributed by atoms with Crippen LogP contribution in [0.3, 0.4) is 0 Å². The van der Waals surface area contributed by atoms with Gasteiger partial charge in [0.15, 0.2) is 5.75 Å². The number of hydrogen-bond donors (Lipinski definition) is 0. The zero-order chi connectivity index (χ0) is 18.7. The van der Waals surface area contributed by atoms with Crippen molar-refractivity contribution in [2.75, 3.05) is 0 Å². The first-order chi connectivity index (χ1) is 12.4. The van der Waals surface area contributed by atoms with Crippen molar-refractivity contribution >= 4 is 23.4 Å². The van der Waals surface area contributed by atoms with Gasteiger partial charge in [-0.2, -0.15) is 23.5 Å². The highest BCUT2D eigenvalue weighted by Gasteiger charge is 2.30. The number of hydrogen-bond acceptors (Lipinski definition) is 6. The van der Waals surface area contributed by atoms with Gasteiger partial charge < -0.3 is 4.74 Å². The van der Waals surface area contributed by atoms with E-state index in [2.05, 4.69) is 15.1 Å². The normalized spacial score (nSPS) is 11.2. The number of alkyl halides is 3. The van der Waals surface area contributed by atoms with Gasteiger partial charge in [-0.25, -0.2) is 14.6 Å². The summed E-state index contributed by atoms with van der Waals surface area (Å²) in [5.41, 5.74) is -4.12. The summed E-state index contributed by atoms with van der Waals surface area (Å²) in [5, 5.41) is 13.5. The number of nitrogens with zero attached hydrogens (tertiary/aromatic N) is 5. The van der Waals surface area contributed by atoms with E-state index in [1.54, 1.807) is 6.07 Å². The van der Waals surface area contributed by atoms with E-state index < -0.39 is 5.51 Å². The number of ether oxygens (including phenoxy) is 1. The van der Waals surface area contributed by atoms with E-state index in [0.717, 1.165) is 17.1 Å². The van der Waals surface area contributed by atoms with E-state index in [-0.39, 0.29) is 39.7 Å². The first kappa shape index (κ1) is 18.0. The Kier molecular flexibility index (Phi) is 5.01. The van der Waals surface area contributed by atoms with Crippen LogP contribution in [-0.4, -0.2) is 25.3 Å². The van der Waals surface area contributed by atoms with Crippen molar-refractivity contribution in [2.45, 2.75) is 10.4 Å². The molecule has 0 saturated carbocycles. The summed E-state index contributed by atoms with van der Waals surface area (Å²) in [6, 6.07) is 6.48. The fraction of sp³-hybridized carbons (Fsp3) is 0.0667. The third kappa shape index (κ3) is 4.25. The molecular formula is C15H7ClF3N5OS. The van der Waals surface area contributed by atoms with E-state index in [4.69, 9.17) is 16.3 Å². The summed E-state index contributed by atoms with van der Waals surface area (Å²) >= 11 is 5.41. The van der Waals surface area contributed by atoms with Gasteiger partial charge in [-0.05, 0) is 23.9 Å². The molecule has 0 amide bonds. The van der Waals surface area contributed by atoms with Gasteiger partial charge in [0.1, 0.15) is 11.8 Å². The Labute approximate surface area is 154 Å². The molecule has 0 unspecified atom stereocenters. The lowest BCUT2D eigenvalue weighted by atomic mass is 10.2. The predicted molar refractivity (Wildman–Crippen MR) is 87.3 cm³/mol. The molecule has 0 bridgehead atoms. The molecule has 2 aromatic heterocycles. The van der Waals surface area contributed by atoms with Crippen LogP contribution in [-0.2, 0) is 0 Å². The molecule has 11 heteroatoms. The Morgan fingerprint density at radius 1 is 1.19 bits per heavy atom. The average molecular weight is 398 g/mol. The molecule has 3 rings (SSSR count). The molecule has 3 aromatic rings. The third-order valence-corrected chi connectivity index (χ3v) is 3.81. The summed E-state index contributed by atoms with van der Waals surface area (Å²) in [5.74, 6) is 0.151. The lowest BCUT2D eigenvalue weighted by Gasteiger charge is -2.11. The molecule has 26 heavy (non-hydrogen) atoms. The van der Waals surface area contributed by atoms with Crippen molar-refractivity contribution in [3.8, 4) is 23.5 Å². The van der Waals surface area contributed by atoms with E-state index in [0.29, 0.717) is 5.02 Å². The highest BCUT2D eigenvalue weighted by molar-refractivity contribution is 8.00. The van der Waals surface area contributed by atoms with Crippen molar-refractivity contribution in [3.05, 3.63) is 53.6 Å². The number of nitriles is 1. The van der Waals surface area contributed by atoms with Crippen LogP contribution in [0.4, 0.5) is 13.2 Å². The molecule has 0 aliphatic heterocycles. The molecule has 0 aliphatic rings. The summed E-state index contributed by atoms with van der Waals surface area (Å²) in [7, 11) is 0.